The zero-order valence-corrected chi connectivity index (χ0v) is 10.4. The highest BCUT2D eigenvalue weighted by Gasteiger charge is 2.10. The van der Waals surface area contributed by atoms with Crippen molar-refractivity contribution in [2.45, 2.75) is 46.2 Å². The van der Waals surface area contributed by atoms with Gasteiger partial charge < -0.3 is 11.1 Å². The Morgan fingerprint density at radius 2 is 1.87 bits per heavy atom. The van der Waals surface area contributed by atoms with Gasteiger partial charge in [0.1, 0.15) is 0 Å². The number of carbonyl (C=O) groups is 1. The number of hydrogen-bond donors (Lipinski definition) is 2. The van der Waals surface area contributed by atoms with Crippen molar-refractivity contribution in [1.29, 1.82) is 0 Å². The standard InChI is InChI=1S/C11H25N3O/c1-9(2)13-11(15)5-7-14(8-6-12)10(3)4/h9-10H,5-8,12H2,1-4H3,(H,13,15). The predicted octanol–water partition coefficient (Wildman–Crippen LogP) is 0.570. The molecule has 0 aromatic heterocycles. The number of amides is 1. The molecule has 0 unspecified atom stereocenters. The lowest BCUT2D eigenvalue weighted by atomic mass is 10.2. The van der Waals surface area contributed by atoms with Gasteiger partial charge in [-0.05, 0) is 27.7 Å². The first-order valence-corrected chi connectivity index (χ1v) is 5.70. The molecular formula is C11H25N3O. The highest BCUT2D eigenvalue weighted by Crippen LogP contribution is 1.98. The van der Waals surface area contributed by atoms with Crippen molar-refractivity contribution < 1.29 is 4.79 Å². The van der Waals surface area contributed by atoms with Crippen LogP contribution in [-0.4, -0.2) is 42.5 Å². The second kappa shape index (κ2) is 7.65. The summed E-state index contributed by atoms with van der Waals surface area (Å²) < 4.78 is 0. The van der Waals surface area contributed by atoms with Crippen LogP contribution < -0.4 is 11.1 Å². The van der Waals surface area contributed by atoms with Crippen LogP contribution in [-0.2, 0) is 4.79 Å². The minimum atomic E-state index is 0.118. The molecule has 0 saturated carbocycles. The summed E-state index contributed by atoms with van der Waals surface area (Å²) in [4.78, 5) is 13.6. The number of carbonyl (C=O) groups excluding carboxylic acids is 1. The van der Waals surface area contributed by atoms with E-state index in [4.69, 9.17) is 5.73 Å². The zero-order valence-electron chi connectivity index (χ0n) is 10.4. The SMILES string of the molecule is CC(C)NC(=O)CCN(CCN)C(C)C. The molecule has 0 atom stereocenters. The van der Waals surface area contributed by atoms with Crippen molar-refractivity contribution in [2.24, 2.45) is 5.73 Å². The molecule has 0 rings (SSSR count). The first kappa shape index (κ1) is 14.4. The quantitative estimate of drug-likeness (QED) is 0.653. The fourth-order valence-corrected chi connectivity index (χ4v) is 1.43. The minimum absolute atomic E-state index is 0.118. The van der Waals surface area contributed by atoms with Crippen LogP contribution >= 0.6 is 0 Å². The minimum Gasteiger partial charge on any atom is -0.354 e. The molecule has 0 aliphatic rings. The van der Waals surface area contributed by atoms with Gasteiger partial charge in [-0.2, -0.15) is 0 Å². The normalized spacial score (nSPS) is 11.5. The van der Waals surface area contributed by atoms with E-state index in [-0.39, 0.29) is 11.9 Å². The van der Waals surface area contributed by atoms with E-state index in [1.54, 1.807) is 0 Å². The summed E-state index contributed by atoms with van der Waals surface area (Å²) >= 11 is 0. The highest BCUT2D eigenvalue weighted by atomic mass is 16.1. The first-order chi connectivity index (χ1) is 6.97. The summed E-state index contributed by atoms with van der Waals surface area (Å²) in [5.41, 5.74) is 5.51. The molecule has 0 heterocycles. The number of nitrogens with zero attached hydrogens (tertiary/aromatic N) is 1. The summed E-state index contributed by atoms with van der Waals surface area (Å²) in [7, 11) is 0. The van der Waals surface area contributed by atoms with E-state index < -0.39 is 0 Å². The molecule has 4 nitrogen and oxygen atoms in total. The molecule has 0 radical (unpaired) electrons. The van der Waals surface area contributed by atoms with Crippen molar-refractivity contribution in [3.05, 3.63) is 0 Å². The van der Waals surface area contributed by atoms with Crippen molar-refractivity contribution in [2.75, 3.05) is 19.6 Å². The molecule has 1 amide bonds. The van der Waals surface area contributed by atoms with Crippen molar-refractivity contribution in [1.82, 2.24) is 10.2 Å². The third kappa shape index (κ3) is 7.33. The van der Waals surface area contributed by atoms with E-state index in [0.29, 0.717) is 19.0 Å². The van der Waals surface area contributed by atoms with Gasteiger partial charge in [-0.1, -0.05) is 0 Å². The molecule has 0 saturated heterocycles. The topological polar surface area (TPSA) is 58.4 Å². The van der Waals surface area contributed by atoms with E-state index in [0.717, 1.165) is 13.1 Å². The van der Waals surface area contributed by atoms with Crippen LogP contribution in [0, 0.1) is 0 Å². The maximum Gasteiger partial charge on any atom is 0.221 e. The van der Waals surface area contributed by atoms with Gasteiger partial charge in [0, 0.05) is 38.1 Å². The lowest BCUT2D eigenvalue weighted by Gasteiger charge is -2.25. The molecule has 90 valence electrons. The first-order valence-electron chi connectivity index (χ1n) is 5.70. The Bertz CT molecular complexity index is 181. The molecule has 0 fully saturated rings. The van der Waals surface area contributed by atoms with Gasteiger partial charge in [-0.15, -0.1) is 0 Å². The molecule has 3 N–H and O–H groups in total. The molecular weight excluding hydrogens is 190 g/mol. The van der Waals surface area contributed by atoms with Gasteiger partial charge >= 0.3 is 0 Å². The highest BCUT2D eigenvalue weighted by molar-refractivity contribution is 5.76. The molecule has 0 aromatic carbocycles. The molecule has 0 aromatic rings. The fourth-order valence-electron chi connectivity index (χ4n) is 1.43. The summed E-state index contributed by atoms with van der Waals surface area (Å²) in [6.07, 6.45) is 0.552. The van der Waals surface area contributed by atoms with Crippen LogP contribution in [0.2, 0.25) is 0 Å². The monoisotopic (exact) mass is 215 g/mol. The number of nitrogens with one attached hydrogen (secondary N) is 1. The van der Waals surface area contributed by atoms with Gasteiger partial charge in [0.25, 0.3) is 0 Å². The summed E-state index contributed by atoms with van der Waals surface area (Å²) in [5.74, 6) is 0.118. The Hall–Kier alpha value is -0.610. The maximum atomic E-state index is 11.4. The van der Waals surface area contributed by atoms with Gasteiger partial charge in [0.2, 0.25) is 5.91 Å². The largest absolute Gasteiger partial charge is 0.354 e. The average molecular weight is 215 g/mol. The van der Waals surface area contributed by atoms with Crippen LogP contribution in [0.3, 0.4) is 0 Å². The summed E-state index contributed by atoms with van der Waals surface area (Å²) in [6, 6.07) is 0.667. The molecule has 15 heavy (non-hydrogen) atoms. The van der Waals surface area contributed by atoms with Gasteiger partial charge in [0.15, 0.2) is 0 Å². The lowest BCUT2D eigenvalue weighted by molar-refractivity contribution is -0.122. The van der Waals surface area contributed by atoms with Gasteiger partial charge in [0.05, 0.1) is 0 Å². The van der Waals surface area contributed by atoms with Crippen LogP contribution in [0.4, 0.5) is 0 Å². The van der Waals surface area contributed by atoms with Crippen LogP contribution in [0.25, 0.3) is 0 Å². The summed E-state index contributed by atoms with van der Waals surface area (Å²) in [5, 5.41) is 2.88. The third-order valence-corrected chi connectivity index (χ3v) is 2.22. The van der Waals surface area contributed by atoms with Crippen LogP contribution in [0.1, 0.15) is 34.1 Å². The van der Waals surface area contributed by atoms with Crippen molar-refractivity contribution in [3.8, 4) is 0 Å². The Morgan fingerprint density at radius 3 is 2.27 bits per heavy atom. The maximum absolute atomic E-state index is 11.4. The van der Waals surface area contributed by atoms with Gasteiger partial charge in [-0.25, -0.2) is 0 Å². The van der Waals surface area contributed by atoms with Gasteiger partial charge in [-0.3, -0.25) is 9.69 Å². The van der Waals surface area contributed by atoms with E-state index in [9.17, 15) is 4.79 Å². The number of hydrogen-bond acceptors (Lipinski definition) is 3. The van der Waals surface area contributed by atoms with E-state index in [1.807, 2.05) is 13.8 Å². The average Bonchev–Trinajstić information content (AvgIpc) is 2.10. The Morgan fingerprint density at radius 1 is 1.27 bits per heavy atom. The van der Waals surface area contributed by atoms with Crippen LogP contribution in [0.5, 0.6) is 0 Å². The van der Waals surface area contributed by atoms with E-state index in [1.165, 1.54) is 0 Å². The second-order valence-corrected chi connectivity index (χ2v) is 4.39. The zero-order chi connectivity index (χ0) is 11.8. The molecule has 0 aliphatic heterocycles. The lowest BCUT2D eigenvalue weighted by Crippen LogP contribution is -2.39. The van der Waals surface area contributed by atoms with E-state index in [2.05, 4.69) is 24.1 Å². The fraction of sp³-hybridized carbons (Fsp3) is 0.909. The Balaban J connectivity index is 3.83. The van der Waals surface area contributed by atoms with Crippen LogP contribution in [0.15, 0.2) is 0 Å². The third-order valence-electron chi connectivity index (χ3n) is 2.22. The number of rotatable bonds is 7. The molecule has 0 aliphatic carbocycles. The molecule has 4 heteroatoms. The Labute approximate surface area is 93.2 Å². The number of nitrogens with two attached hydrogens (primary N) is 1. The van der Waals surface area contributed by atoms with Crippen molar-refractivity contribution >= 4 is 5.91 Å². The van der Waals surface area contributed by atoms with E-state index >= 15 is 0 Å². The van der Waals surface area contributed by atoms with Crippen molar-refractivity contribution in [3.63, 3.8) is 0 Å². The second-order valence-electron chi connectivity index (χ2n) is 4.39. The molecule has 0 spiro atoms. The Kier molecular flexibility index (Phi) is 7.34. The molecule has 0 bridgehead atoms. The summed E-state index contributed by atoms with van der Waals surface area (Å²) in [6.45, 7) is 10.5. The predicted molar refractivity (Wildman–Crippen MR) is 63.7 cm³/mol. The smallest absolute Gasteiger partial charge is 0.221 e.